The van der Waals surface area contributed by atoms with E-state index < -0.39 is 0 Å². The van der Waals surface area contributed by atoms with Crippen molar-refractivity contribution in [2.45, 2.75) is 44.8 Å². The summed E-state index contributed by atoms with van der Waals surface area (Å²) in [6.45, 7) is 4.18. The molecule has 6 nitrogen and oxygen atoms in total. The van der Waals surface area contributed by atoms with Crippen LogP contribution in [0.3, 0.4) is 0 Å². The molecule has 2 aliphatic heterocycles. The van der Waals surface area contributed by atoms with Crippen LogP contribution in [0.25, 0.3) is 0 Å². The maximum Gasteiger partial charge on any atom is 0.247 e. The standard InChI is InChI=1S/C17H23N3O3.2ClH/c1-10(18)4-6-13-17(21)20(3)11(2)16(19-13)12-5-7-14-15(8-12)23-9-22-14;;/h5,7-8,10-11,13H,4,6,9,18H2,1-3H3;2*1H/t10?,11?,13-;;/m0../s1. The number of carbonyl (C=O) groups excluding carboxylic acids is 1. The Morgan fingerprint density at radius 2 is 2.00 bits per heavy atom. The molecule has 8 heteroatoms. The molecule has 0 saturated heterocycles. The Morgan fingerprint density at radius 1 is 1.32 bits per heavy atom. The van der Waals surface area contributed by atoms with E-state index in [1.165, 1.54) is 0 Å². The van der Waals surface area contributed by atoms with Crippen molar-refractivity contribution in [3.8, 4) is 11.5 Å². The molecule has 0 bridgehead atoms. The first-order chi connectivity index (χ1) is 11.0. The fourth-order valence-corrected chi connectivity index (χ4v) is 2.92. The molecule has 2 unspecified atom stereocenters. The van der Waals surface area contributed by atoms with Crippen LogP contribution in [-0.2, 0) is 4.79 Å². The first-order valence-corrected chi connectivity index (χ1v) is 7.97. The van der Waals surface area contributed by atoms with Gasteiger partial charge in [0.05, 0.1) is 11.8 Å². The summed E-state index contributed by atoms with van der Waals surface area (Å²) >= 11 is 0. The van der Waals surface area contributed by atoms with Gasteiger partial charge in [0.25, 0.3) is 0 Å². The summed E-state index contributed by atoms with van der Waals surface area (Å²) in [5, 5.41) is 0. The summed E-state index contributed by atoms with van der Waals surface area (Å²) in [4.78, 5) is 18.9. The van der Waals surface area contributed by atoms with Gasteiger partial charge >= 0.3 is 0 Å². The lowest BCUT2D eigenvalue weighted by Crippen LogP contribution is -2.50. The highest BCUT2D eigenvalue weighted by Crippen LogP contribution is 2.33. The number of aliphatic imine (C=N–C) groups is 1. The molecule has 0 aliphatic carbocycles. The fraction of sp³-hybridized carbons (Fsp3) is 0.529. The number of rotatable bonds is 4. The zero-order chi connectivity index (χ0) is 16.6. The third kappa shape index (κ3) is 4.37. The van der Waals surface area contributed by atoms with Gasteiger partial charge in [-0.3, -0.25) is 9.79 Å². The second kappa shape index (κ2) is 8.74. The Kier molecular flexibility index (Phi) is 7.53. The van der Waals surface area contributed by atoms with Crippen molar-refractivity contribution < 1.29 is 14.3 Å². The number of hydrogen-bond donors (Lipinski definition) is 1. The minimum atomic E-state index is -0.359. The van der Waals surface area contributed by atoms with Gasteiger partial charge in [0.1, 0.15) is 6.04 Å². The maximum absolute atomic E-state index is 12.4. The van der Waals surface area contributed by atoms with Crippen LogP contribution in [0.15, 0.2) is 23.2 Å². The number of halogens is 2. The molecule has 0 radical (unpaired) electrons. The predicted octanol–water partition coefficient (Wildman–Crippen LogP) is 2.40. The maximum atomic E-state index is 12.4. The van der Waals surface area contributed by atoms with Crippen molar-refractivity contribution >= 4 is 36.4 Å². The van der Waals surface area contributed by atoms with E-state index in [-0.39, 0.29) is 55.6 Å². The number of nitrogens with two attached hydrogens (primary N) is 1. The summed E-state index contributed by atoms with van der Waals surface area (Å²) in [5.74, 6) is 1.53. The Bertz CT molecular complexity index is 652. The van der Waals surface area contributed by atoms with Gasteiger partial charge in [-0.1, -0.05) is 0 Å². The van der Waals surface area contributed by atoms with Crippen molar-refractivity contribution in [3.63, 3.8) is 0 Å². The van der Waals surface area contributed by atoms with E-state index in [1.54, 1.807) is 4.90 Å². The number of amides is 1. The van der Waals surface area contributed by atoms with Crippen molar-refractivity contribution in [2.75, 3.05) is 13.8 Å². The second-order valence-corrected chi connectivity index (χ2v) is 6.28. The van der Waals surface area contributed by atoms with Crippen LogP contribution in [0.4, 0.5) is 0 Å². The lowest BCUT2D eigenvalue weighted by Gasteiger charge is -2.34. The molecule has 0 fully saturated rings. The summed E-state index contributed by atoms with van der Waals surface area (Å²) in [5.41, 5.74) is 7.69. The van der Waals surface area contributed by atoms with Gasteiger partial charge < -0.3 is 20.1 Å². The molecule has 0 aromatic heterocycles. The van der Waals surface area contributed by atoms with Crippen LogP contribution in [-0.4, -0.2) is 48.5 Å². The predicted molar refractivity (Wildman–Crippen MR) is 103 cm³/mol. The zero-order valence-corrected chi connectivity index (χ0v) is 16.2. The average molecular weight is 390 g/mol. The second-order valence-electron chi connectivity index (χ2n) is 6.28. The van der Waals surface area contributed by atoms with Crippen molar-refractivity contribution in [1.29, 1.82) is 0 Å². The van der Waals surface area contributed by atoms with Crippen LogP contribution in [0.5, 0.6) is 11.5 Å². The zero-order valence-electron chi connectivity index (χ0n) is 14.6. The number of ether oxygens (including phenoxy) is 2. The van der Waals surface area contributed by atoms with E-state index in [9.17, 15) is 4.79 Å². The molecule has 3 rings (SSSR count). The minimum Gasteiger partial charge on any atom is -0.454 e. The first-order valence-electron chi connectivity index (χ1n) is 7.97. The molecule has 1 amide bonds. The molecular formula is C17H25Cl2N3O3. The third-order valence-corrected chi connectivity index (χ3v) is 4.47. The average Bonchev–Trinajstić information content (AvgIpc) is 2.99. The van der Waals surface area contributed by atoms with E-state index in [2.05, 4.69) is 0 Å². The van der Waals surface area contributed by atoms with E-state index in [4.69, 9.17) is 20.2 Å². The van der Waals surface area contributed by atoms with Crippen LogP contribution in [0.1, 0.15) is 32.3 Å². The van der Waals surface area contributed by atoms with E-state index in [0.29, 0.717) is 6.42 Å². The first kappa shape index (κ1) is 21.5. The van der Waals surface area contributed by atoms with Gasteiger partial charge in [-0.05, 0) is 44.9 Å². The SMILES string of the molecule is CC(N)CC[C@@H]1N=C(c2ccc3c(c2)OCO3)C(C)N(C)C1=O.Cl.Cl. The molecule has 2 aliphatic rings. The smallest absolute Gasteiger partial charge is 0.247 e. The highest BCUT2D eigenvalue weighted by Gasteiger charge is 2.33. The van der Waals surface area contributed by atoms with E-state index >= 15 is 0 Å². The molecule has 0 spiro atoms. The topological polar surface area (TPSA) is 77.2 Å². The molecule has 3 atom stereocenters. The third-order valence-electron chi connectivity index (χ3n) is 4.47. The normalized spacial score (nSPS) is 22.6. The number of benzene rings is 1. The fourth-order valence-electron chi connectivity index (χ4n) is 2.92. The lowest BCUT2D eigenvalue weighted by atomic mass is 9.97. The van der Waals surface area contributed by atoms with Crippen LogP contribution in [0, 0.1) is 0 Å². The molecule has 2 heterocycles. The summed E-state index contributed by atoms with van der Waals surface area (Å²) in [7, 11) is 1.83. The monoisotopic (exact) mass is 389 g/mol. The number of carbonyl (C=O) groups is 1. The molecule has 2 N–H and O–H groups in total. The van der Waals surface area contributed by atoms with Gasteiger partial charge in [0.15, 0.2) is 11.5 Å². The van der Waals surface area contributed by atoms with Crippen molar-refractivity contribution in [3.05, 3.63) is 23.8 Å². The van der Waals surface area contributed by atoms with Crippen LogP contribution in [0.2, 0.25) is 0 Å². The minimum absolute atomic E-state index is 0. The Balaban J connectivity index is 0.00000156. The number of likely N-dealkylation sites (N-methyl/N-ethyl adjacent to an activating group) is 1. The molecule has 1 aromatic carbocycles. The van der Waals surface area contributed by atoms with Gasteiger partial charge in [-0.15, -0.1) is 24.8 Å². The summed E-state index contributed by atoms with van der Waals surface area (Å²) in [6, 6.07) is 5.42. The number of hydrogen-bond acceptors (Lipinski definition) is 5. The van der Waals surface area contributed by atoms with Crippen LogP contribution >= 0.6 is 24.8 Å². The Hall–Kier alpha value is -1.50. The lowest BCUT2D eigenvalue weighted by molar-refractivity contribution is -0.132. The molecule has 0 saturated carbocycles. The van der Waals surface area contributed by atoms with Gasteiger partial charge in [-0.2, -0.15) is 0 Å². The van der Waals surface area contributed by atoms with Gasteiger partial charge in [0, 0.05) is 18.7 Å². The molecule has 140 valence electrons. The summed E-state index contributed by atoms with van der Waals surface area (Å²) < 4.78 is 10.8. The van der Waals surface area contributed by atoms with Crippen molar-refractivity contribution in [2.24, 2.45) is 10.7 Å². The van der Waals surface area contributed by atoms with Gasteiger partial charge in [0.2, 0.25) is 12.7 Å². The highest BCUT2D eigenvalue weighted by atomic mass is 35.5. The number of nitrogens with zero attached hydrogens (tertiary/aromatic N) is 2. The molecule has 25 heavy (non-hydrogen) atoms. The van der Waals surface area contributed by atoms with E-state index in [1.807, 2.05) is 39.1 Å². The summed E-state index contributed by atoms with van der Waals surface area (Å²) in [6.07, 6.45) is 1.44. The quantitative estimate of drug-likeness (QED) is 0.857. The Labute approximate surface area is 160 Å². The molecular weight excluding hydrogens is 365 g/mol. The number of fused-ring (bicyclic) bond motifs is 1. The Morgan fingerprint density at radius 3 is 2.68 bits per heavy atom. The molecule has 1 aromatic rings. The van der Waals surface area contributed by atoms with Crippen LogP contribution < -0.4 is 15.2 Å². The van der Waals surface area contributed by atoms with Gasteiger partial charge in [-0.25, -0.2) is 0 Å². The highest BCUT2D eigenvalue weighted by molar-refractivity contribution is 6.09. The largest absolute Gasteiger partial charge is 0.454 e. The van der Waals surface area contributed by atoms with Crippen molar-refractivity contribution in [1.82, 2.24) is 4.90 Å². The van der Waals surface area contributed by atoms with E-state index in [0.717, 1.165) is 29.2 Å².